The van der Waals surface area contributed by atoms with Gasteiger partial charge in [0.15, 0.2) is 0 Å². The van der Waals surface area contributed by atoms with Gasteiger partial charge in [0.05, 0.1) is 5.56 Å². The predicted molar refractivity (Wildman–Crippen MR) is 61.2 cm³/mol. The van der Waals surface area contributed by atoms with Gasteiger partial charge in [0.1, 0.15) is 0 Å². The van der Waals surface area contributed by atoms with E-state index >= 15 is 0 Å². The lowest BCUT2D eigenvalue weighted by Gasteiger charge is -1.98. The molecule has 0 bridgehead atoms. The third kappa shape index (κ3) is 3.70. The zero-order chi connectivity index (χ0) is 11.1. The lowest BCUT2D eigenvalue weighted by molar-refractivity contribution is 0.0953. The molecule has 0 atom stereocenters. The van der Waals surface area contributed by atoms with Gasteiger partial charge in [0, 0.05) is 29.7 Å². The van der Waals surface area contributed by atoms with Crippen LogP contribution < -0.4 is 11.3 Å². The number of aromatic nitrogens is 1. The lowest BCUT2D eigenvalue weighted by atomic mass is 10.2. The summed E-state index contributed by atoms with van der Waals surface area (Å²) in [5.41, 5.74) is 3.15. The third-order valence-corrected chi connectivity index (χ3v) is 1.98. The average molecular weight is 268 g/mol. The number of nitrogens with one attached hydrogen (secondary N) is 1. The molecule has 4 nitrogen and oxygen atoms in total. The normalized spacial score (nSPS) is 8.93. The molecule has 0 radical (unpaired) electrons. The van der Waals surface area contributed by atoms with Crippen molar-refractivity contribution in [3.05, 3.63) is 29.6 Å². The second-order valence-corrected chi connectivity index (χ2v) is 3.47. The zero-order valence-corrected chi connectivity index (χ0v) is 9.54. The van der Waals surface area contributed by atoms with Gasteiger partial charge in [-0.05, 0) is 6.07 Å². The van der Waals surface area contributed by atoms with Crippen molar-refractivity contribution >= 4 is 21.8 Å². The van der Waals surface area contributed by atoms with Crippen molar-refractivity contribution in [1.29, 1.82) is 0 Å². The van der Waals surface area contributed by atoms with Crippen LogP contribution in [0.15, 0.2) is 18.5 Å². The Balaban J connectivity index is 2.84. The fourth-order valence-corrected chi connectivity index (χ4v) is 1.13. The van der Waals surface area contributed by atoms with E-state index in [0.29, 0.717) is 11.1 Å². The van der Waals surface area contributed by atoms with Crippen molar-refractivity contribution in [3.63, 3.8) is 0 Å². The van der Waals surface area contributed by atoms with Crippen LogP contribution in [-0.2, 0) is 0 Å². The van der Waals surface area contributed by atoms with Crippen LogP contribution in [0.4, 0.5) is 0 Å². The molecule has 0 spiro atoms. The van der Waals surface area contributed by atoms with E-state index in [1.807, 2.05) is 5.43 Å². The highest BCUT2D eigenvalue weighted by Crippen LogP contribution is 2.01. The third-order valence-electron chi connectivity index (χ3n) is 1.58. The van der Waals surface area contributed by atoms with E-state index in [-0.39, 0.29) is 5.91 Å². The average Bonchev–Trinajstić information content (AvgIpc) is 2.29. The molecular weight excluding hydrogens is 258 g/mol. The smallest absolute Gasteiger partial charge is 0.266 e. The van der Waals surface area contributed by atoms with Crippen molar-refractivity contribution in [1.82, 2.24) is 10.4 Å². The maximum atomic E-state index is 11.2. The molecule has 0 saturated carbocycles. The molecule has 0 aromatic carbocycles. The van der Waals surface area contributed by atoms with Gasteiger partial charge < -0.3 is 0 Å². The van der Waals surface area contributed by atoms with Crippen LogP contribution in [0.25, 0.3) is 0 Å². The number of halogens is 1. The highest BCUT2D eigenvalue weighted by Gasteiger charge is 2.03. The monoisotopic (exact) mass is 267 g/mol. The van der Waals surface area contributed by atoms with Crippen molar-refractivity contribution in [2.45, 2.75) is 6.42 Å². The molecule has 15 heavy (non-hydrogen) atoms. The number of hydrazine groups is 1. The Bertz CT molecular complexity index is 409. The number of hydrogen-bond acceptors (Lipinski definition) is 3. The van der Waals surface area contributed by atoms with Crippen molar-refractivity contribution in [2.75, 3.05) is 5.33 Å². The number of alkyl halides is 1. The molecular formula is C10H10BrN3O. The standard InChI is InChI=1S/C10H10BrN3O/c11-4-2-1-3-8-5-9(7-13-6-8)10(15)14-12/h5-7H,2,4,12H2,(H,14,15). The molecule has 1 aromatic heterocycles. The maximum absolute atomic E-state index is 11.2. The Labute approximate surface area is 96.4 Å². The van der Waals surface area contributed by atoms with Crippen LogP contribution >= 0.6 is 15.9 Å². The van der Waals surface area contributed by atoms with Crippen LogP contribution in [0.2, 0.25) is 0 Å². The van der Waals surface area contributed by atoms with E-state index in [0.717, 1.165) is 11.8 Å². The number of nitrogen functional groups attached to an aromatic ring is 1. The quantitative estimate of drug-likeness (QED) is 0.274. The van der Waals surface area contributed by atoms with E-state index in [9.17, 15) is 4.79 Å². The Morgan fingerprint density at radius 1 is 1.60 bits per heavy atom. The summed E-state index contributed by atoms with van der Waals surface area (Å²) in [4.78, 5) is 15.1. The molecule has 5 heteroatoms. The summed E-state index contributed by atoms with van der Waals surface area (Å²) in [7, 11) is 0. The summed E-state index contributed by atoms with van der Waals surface area (Å²) in [6.45, 7) is 0. The number of pyridine rings is 1. The van der Waals surface area contributed by atoms with E-state index < -0.39 is 0 Å². The fourth-order valence-electron chi connectivity index (χ4n) is 0.928. The van der Waals surface area contributed by atoms with E-state index in [2.05, 4.69) is 32.8 Å². The highest BCUT2D eigenvalue weighted by molar-refractivity contribution is 9.09. The zero-order valence-electron chi connectivity index (χ0n) is 7.96. The van der Waals surface area contributed by atoms with Crippen LogP contribution in [0.3, 0.4) is 0 Å². The Morgan fingerprint density at radius 2 is 2.40 bits per heavy atom. The minimum atomic E-state index is -0.369. The van der Waals surface area contributed by atoms with Crippen molar-refractivity contribution in [2.24, 2.45) is 5.84 Å². The summed E-state index contributed by atoms with van der Waals surface area (Å²) in [6, 6.07) is 1.65. The van der Waals surface area contributed by atoms with Gasteiger partial charge in [-0.15, -0.1) is 0 Å². The summed E-state index contributed by atoms with van der Waals surface area (Å²) in [6.07, 6.45) is 3.81. The van der Waals surface area contributed by atoms with Gasteiger partial charge in [-0.3, -0.25) is 15.2 Å². The highest BCUT2D eigenvalue weighted by atomic mass is 79.9. The second kappa shape index (κ2) is 6.17. The lowest BCUT2D eigenvalue weighted by Crippen LogP contribution is -2.30. The topological polar surface area (TPSA) is 68.0 Å². The predicted octanol–water partition coefficient (Wildman–Crippen LogP) is 0.822. The Morgan fingerprint density at radius 3 is 3.07 bits per heavy atom. The SMILES string of the molecule is NNC(=O)c1cncc(C#CCCBr)c1. The first kappa shape index (κ1) is 11.7. The number of nitrogens with zero attached hydrogens (tertiary/aromatic N) is 1. The molecule has 0 aliphatic heterocycles. The molecule has 0 aliphatic carbocycles. The van der Waals surface area contributed by atoms with Gasteiger partial charge in [-0.1, -0.05) is 27.8 Å². The largest absolute Gasteiger partial charge is 0.290 e. The number of rotatable bonds is 2. The van der Waals surface area contributed by atoms with Crippen molar-refractivity contribution < 1.29 is 4.79 Å². The van der Waals surface area contributed by atoms with Crippen molar-refractivity contribution in [3.8, 4) is 11.8 Å². The van der Waals surface area contributed by atoms with Gasteiger partial charge in [0.25, 0.3) is 5.91 Å². The van der Waals surface area contributed by atoms with Gasteiger partial charge in [-0.2, -0.15) is 0 Å². The molecule has 1 amide bonds. The molecule has 1 heterocycles. The molecule has 1 rings (SSSR count). The van der Waals surface area contributed by atoms with Crippen LogP contribution in [-0.4, -0.2) is 16.2 Å². The molecule has 3 N–H and O–H groups in total. The summed E-state index contributed by atoms with van der Waals surface area (Å²) in [5, 5.41) is 0.830. The van der Waals surface area contributed by atoms with E-state index in [1.54, 1.807) is 12.3 Å². The molecule has 78 valence electrons. The van der Waals surface area contributed by atoms with Gasteiger partial charge >= 0.3 is 0 Å². The minimum absolute atomic E-state index is 0.369. The number of carbonyl (C=O) groups excluding carboxylic acids is 1. The first-order valence-electron chi connectivity index (χ1n) is 4.28. The van der Waals surface area contributed by atoms with Crippen LogP contribution in [0.1, 0.15) is 22.3 Å². The first-order chi connectivity index (χ1) is 7.27. The molecule has 0 saturated heterocycles. The minimum Gasteiger partial charge on any atom is -0.290 e. The fraction of sp³-hybridized carbons (Fsp3) is 0.200. The van der Waals surface area contributed by atoms with Gasteiger partial charge in [-0.25, -0.2) is 5.84 Å². The van der Waals surface area contributed by atoms with Gasteiger partial charge in [0.2, 0.25) is 0 Å². The first-order valence-corrected chi connectivity index (χ1v) is 5.41. The number of nitrogens with two attached hydrogens (primary N) is 1. The Kier molecular flexibility index (Phi) is 4.81. The number of carbonyl (C=O) groups is 1. The summed E-state index contributed by atoms with van der Waals surface area (Å²) >= 11 is 3.27. The second-order valence-electron chi connectivity index (χ2n) is 2.68. The molecule has 0 aliphatic rings. The molecule has 0 unspecified atom stereocenters. The van der Waals surface area contributed by atoms with E-state index in [4.69, 9.17) is 5.84 Å². The number of hydrogen-bond donors (Lipinski definition) is 2. The maximum Gasteiger partial charge on any atom is 0.266 e. The summed E-state index contributed by atoms with van der Waals surface area (Å²) < 4.78 is 0. The van der Waals surface area contributed by atoms with E-state index in [1.165, 1.54) is 6.20 Å². The van der Waals surface area contributed by atoms with Crippen LogP contribution in [0.5, 0.6) is 0 Å². The summed E-state index contributed by atoms with van der Waals surface area (Å²) in [5.74, 6) is 10.5. The Hall–Kier alpha value is -1.38. The molecule has 1 aromatic rings. The molecule has 0 fully saturated rings. The van der Waals surface area contributed by atoms with Crippen LogP contribution in [0, 0.1) is 11.8 Å². The number of amides is 1.